The molecule has 0 aliphatic heterocycles. The second-order valence-electron chi connectivity index (χ2n) is 8.08. The standard InChI is InChI=1S/C26H24N4OS/c1-18(24(31)23-11-10-20-8-5-9-22(20)16-23)32-26-29-28-25(21-12-14-27-15-13-21)30(26)17-19-6-3-2-4-7-19/h2-4,6-7,10-16,18H,5,8-9,17H2,1H3. The molecule has 1 atom stereocenters. The Hall–Kier alpha value is -3.25. The van der Waals surface area contributed by atoms with Crippen LogP contribution in [0.25, 0.3) is 11.4 Å². The molecular formula is C26H24N4OS. The zero-order valence-corrected chi connectivity index (χ0v) is 18.8. The molecule has 0 bridgehead atoms. The second-order valence-corrected chi connectivity index (χ2v) is 9.38. The zero-order chi connectivity index (χ0) is 21.9. The van der Waals surface area contributed by atoms with Crippen molar-refractivity contribution in [2.45, 2.75) is 43.1 Å². The van der Waals surface area contributed by atoms with E-state index in [4.69, 9.17) is 0 Å². The van der Waals surface area contributed by atoms with Crippen molar-refractivity contribution in [1.29, 1.82) is 0 Å². The minimum Gasteiger partial charge on any atom is -0.298 e. The second kappa shape index (κ2) is 9.09. The summed E-state index contributed by atoms with van der Waals surface area (Å²) in [6.07, 6.45) is 6.87. The first-order valence-electron chi connectivity index (χ1n) is 10.9. The monoisotopic (exact) mass is 440 g/mol. The summed E-state index contributed by atoms with van der Waals surface area (Å²) >= 11 is 1.47. The Balaban J connectivity index is 1.43. The van der Waals surface area contributed by atoms with Gasteiger partial charge < -0.3 is 0 Å². The van der Waals surface area contributed by atoms with Gasteiger partial charge in [0.25, 0.3) is 0 Å². The van der Waals surface area contributed by atoms with Crippen molar-refractivity contribution >= 4 is 17.5 Å². The lowest BCUT2D eigenvalue weighted by Gasteiger charge is -2.14. The number of carbonyl (C=O) groups is 1. The lowest BCUT2D eigenvalue weighted by molar-refractivity contribution is 0.0993. The Morgan fingerprint density at radius 2 is 1.78 bits per heavy atom. The van der Waals surface area contributed by atoms with E-state index in [9.17, 15) is 4.79 Å². The number of Topliss-reactive ketones (excluding diaryl/α,β-unsaturated/α-hetero) is 1. The molecule has 2 aromatic heterocycles. The van der Waals surface area contributed by atoms with Crippen LogP contribution in [0, 0.1) is 0 Å². The van der Waals surface area contributed by atoms with Gasteiger partial charge in [-0.25, -0.2) is 0 Å². The molecule has 2 heterocycles. The van der Waals surface area contributed by atoms with Crippen LogP contribution in [0.1, 0.15) is 40.4 Å². The summed E-state index contributed by atoms with van der Waals surface area (Å²) in [4.78, 5) is 17.3. The van der Waals surface area contributed by atoms with Crippen LogP contribution in [0.3, 0.4) is 0 Å². The van der Waals surface area contributed by atoms with Crippen molar-refractivity contribution in [3.8, 4) is 11.4 Å². The maximum atomic E-state index is 13.2. The molecule has 160 valence electrons. The van der Waals surface area contributed by atoms with Gasteiger partial charge in [0.2, 0.25) is 0 Å². The van der Waals surface area contributed by atoms with Gasteiger partial charge in [0.05, 0.1) is 11.8 Å². The molecule has 1 unspecified atom stereocenters. The third kappa shape index (κ3) is 4.23. The van der Waals surface area contributed by atoms with Crippen LogP contribution in [0.4, 0.5) is 0 Å². The van der Waals surface area contributed by atoms with Crippen molar-refractivity contribution in [3.63, 3.8) is 0 Å². The quantitative estimate of drug-likeness (QED) is 0.290. The van der Waals surface area contributed by atoms with Crippen molar-refractivity contribution in [3.05, 3.63) is 95.3 Å². The summed E-state index contributed by atoms with van der Waals surface area (Å²) in [5.74, 6) is 0.903. The summed E-state index contributed by atoms with van der Waals surface area (Å²) in [6.45, 7) is 2.58. The van der Waals surface area contributed by atoms with Gasteiger partial charge in [0.1, 0.15) is 0 Å². The van der Waals surface area contributed by atoms with Gasteiger partial charge in [0, 0.05) is 23.5 Å². The Labute approximate surface area is 191 Å². The van der Waals surface area contributed by atoms with Gasteiger partial charge in [-0.1, -0.05) is 54.2 Å². The van der Waals surface area contributed by atoms with Crippen LogP contribution in [0.15, 0.2) is 78.2 Å². The predicted molar refractivity (Wildman–Crippen MR) is 127 cm³/mol. The molecule has 0 fully saturated rings. The van der Waals surface area contributed by atoms with Crippen molar-refractivity contribution in [2.24, 2.45) is 0 Å². The minimum absolute atomic E-state index is 0.129. The van der Waals surface area contributed by atoms with Crippen molar-refractivity contribution < 1.29 is 4.79 Å². The first kappa shape index (κ1) is 20.6. The lowest BCUT2D eigenvalue weighted by Crippen LogP contribution is -2.15. The van der Waals surface area contributed by atoms with Gasteiger partial charge in [-0.3, -0.25) is 14.3 Å². The Morgan fingerprint density at radius 1 is 1.00 bits per heavy atom. The number of aryl methyl sites for hydroxylation is 2. The number of thioether (sulfide) groups is 1. The van der Waals surface area contributed by atoms with Gasteiger partial charge in [-0.05, 0) is 61.1 Å². The number of ketones is 1. The van der Waals surface area contributed by atoms with Crippen LogP contribution in [-0.4, -0.2) is 30.8 Å². The number of hydrogen-bond donors (Lipinski definition) is 0. The smallest absolute Gasteiger partial charge is 0.192 e. The SMILES string of the molecule is CC(Sc1nnc(-c2ccncc2)n1Cc1ccccc1)C(=O)c1ccc2c(c1)CCC2. The highest BCUT2D eigenvalue weighted by Crippen LogP contribution is 2.30. The van der Waals surface area contributed by atoms with E-state index in [1.807, 2.05) is 43.3 Å². The van der Waals surface area contributed by atoms with Crippen molar-refractivity contribution in [1.82, 2.24) is 19.7 Å². The number of benzene rings is 2. The number of pyridine rings is 1. The van der Waals surface area contributed by atoms with Crippen LogP contribution >= 0.6 is 11.8 Å². The molecular weight excluding hydrogens is 416 g/mol. The largest absolute Gasteiger partial charge is 0.298 e. The normalized spacial score (nSPS) is 13.7. The average Bonchev–Trinajstić information content (AvgIpc) is 3.46. The summed E-state index contributed by atoms with van der Waals surface area (Å²) in [5.41, 5.74) is 5.59. The fraction of sp³-hybridized carbons (Fsp3) is 0.231. The molecule has 6 heteroatoms. The topological polar surface area (TPSA) is 60.7 Å². The fourth-order valence-electron chi connectivity index (χ4n) is 4.17. The van der Waals surface area contributed by atoms with Gasteiger partial charge in [-0.2, -0.15) is 0 Å². The average molecular weight is 441 g/mol. The van der Waals surface area contributed by atoms with E-state index in [2.05, 4.69) is 44.0 Å². The third-order valence-corrected chi connectivity index (χ3v) is 6.95. The van der Waals surface area contributed by atoms with Crippen LogP contribution in [-0.2, 0) is 19.4 Å². The van der Waals surface area contributed by atoms with Crippen LogP contribution in [0.2, 0.25) is 0 Å². The molecule has 0 amide bonds. The minimum atomic E-state index is -0.265. The molecule has 5 nitrogen and oxygen atoms in total. The van der Waals surface area contributed by atoms with E-state index in [-0.39, 0.29) is 11.0 Å². The van der Waals surface area contributed by atoms with E-state index < -0.39 is 0 Å². The highest BCUT2D eigenvalue weighted by molar-refractivity contribution is 8.00. The number of fused-ring (bicyclic) bond motifs is 1. The summed E-state index contributed by atoms with van der Waals surface area (Å²) in [6, 6.07) is 20.3. The number of hydrogen-bond acceptors (Lipinski definition) is 5. The first-order chi connectivity index (χ1) is 15.7. The lowest BCUT2D eigenvalue weighted by atomic mass is 10.0. The summed E-state index contributed by atoms with van der Waals surface area (Å²) in [7, 11) is 0. The molecule has 5 rings (SSSR count). The molecule has 0 spiro atoms. The number of aromatic nitrogens is 4. The molecule has 0 saturated carbocycles. The maximum Gasteiger partial charge on any atom is 0.192 e. The molecule has 4 aromatic rings. The van der Waals surface area contributed by atoms with E-state index in [0.717, 1.165) is 40.5 Å². The van der Waals surface area contributed by atoms with Crippen molar-refractivity contribution in [2.75, 3.05) is 0 Å². The number of carbonyl (C=O) groups excluding carboxylic acids is 1. The Kier molecular flexibility index (Phi) is 5.86. The molecule has 1 aliphatic carbocycles. The first-order valence-corrected chi connectivity index (χ1v) is 11.8. The van der Waals surface area contributed by atoms with Gasteiger partial charge in [0.15, 0.2) is 16.8 Å². The number of nitrogens with zero attached hydrogens (tertiary/aromatic N) is 4. The van der Waals surface area contributed by atoms with Gasteiger partial charge in [-0.15, -0.1) is 10.2 Å². The summed E-state index contributed by atoms with van der Waals surface area (Å²) in [5, 5.41) is 9.41. The van der Waals surface area contributed by atoms with Crippen LogP contribution < -0.4 is 0 Å². The Bertz CT molecular complexity index is 1240. The molecule has 0 N–H and O–H groups in total. The highest BCUT2D eigenvalue weighted by atomic mass is 32.2. The molecule has 0 saturated heterocycles. The highest BCUT2D eigenvalue weighted by Gasteiger charge is 2.23. The molecule has 2 aromatic carbocycles. The molecule has 1 aliphatic rings. The van der Waals surface area contributed by atoms with Gasteiger partial charge >= 0.3 is 0 Å². The molecule has 0 radical (unpaired) electrons. The predicted octanol–water partition coefficient (Wildman–Crippen LogP) is 5.24. The van der Waals surface area contributed by atoms with E-state index in [1.54, 1.807) is 12.4 Å². The van der Waals surface area contributed by atoms with E-state index >= 15 is 0 Å². The van der Waals surface area contributed by atoms with Crippen LogP contribution in [0.5, 0.6) is 0 Å². The zero-order valence-electron chi connectivity index (χ0n) is 17.9. The van der Waals surface area contributed by atoms with E-state index in [1.165, 1.54) is 29.3 Å². The van der Waals surface area contributed by atoms with E-state index in [0.29, 0.717) is 6.54 Å². The number of rotatable bonds is 7. The summed E-state index contributed by atoms with van der Waals surface area (Å²) < 4.78 is 2.09. The fourth-order valence-corrected chi connectivity index (χ4v) is 5.10. The third-order valence-electron chi connectivity index (χ3n) is 5.87. The Morgan fingerprint density at radius 3 is 2.59 bits per heavy atom. The maximum absolute atomic E-state index is 13.2. The molecule has 32 heavy (non-hydrogen) atoms.